The van der Waals surface area contributed by atoms with Gasteiger partial charge in [0.15, 0.2) is 0 Å². The molecular formula is C16H20N4O. The lowest BCUT2D eigenvalue weighted by molar-refractivity contribution is 0.220. The van der Waals surface area contributed by atoms with Crippen molar-refractivity contribution in [3.63, 3.8) is 0 Å². The first-order valence-electron chi connectivity index (χ1n) is 7.47. The van der Waals surface area contributed by atoms with Crippen molar-refractivity contribution in [3.8, 4) is 6.07 Å². The molecule has 1 aromatic carbocycles. The monoisotopic (exact) mass is 284 g/mol. The van der Waals surface area contributed by atoms with Gasteiger partial charge in [-0.1, -0.05) is 6.07 Å². The van der Waals surface area contributed by atoms with E-state index in [0.29, 0.717) is 29.1 Å². The van der Waals surface area contributed by atoms with Gasteiger partial charge in [-0.25, -0.2) is 4.79 Å². The second-order valence-corrected chi connectivity index (χ2v) is 6.12. The number of hydrogen-bond acceptors (Lipinski definition) is 3. The molecule has 3 atom stereocenters. The van der Waals surface area contributed by atoms with Crippen molar-refractivity contribution in [1.29, 1.82) is 5.26 Å². The van der Waals surface area contributed by atoms with E-state index in [1.807, 2.05) is 4.90 Å². The molecule has 1 saturated carbocycles. The molecule has 1 aromatic rings. The maximum Gasteiger partial charge on any atom is 0.321 e. The van der Waals surface area contributed by atoms with E-state index in [9.17, 15) is 4.79 Å². The molecule has 3 rings (SSSR count). The zero-order valence-electron chi connectivity index (χ0n) is 12.0. The Morgan fingerprint density at radius 1 is 1.33 bits per heavy atom. The molecule has 0 bridgehead atoms. The predicted octanol–water partition coefficient (Wildman–Crippen LogP) is 2.15. The summed E-state index contributed by atoms with van der Waals surface area (Å²) in [7, 11) is 0. The highest BCUT2D eigenvalue weighted by Crippen LogP contribution is 2.35. The molecule has 0 radical (unpaired) electrons. The van der Waals surface area contributed by atoms with E-state index >= 15 is 0 Å². The Bertz CT molecular complexity index is 580. The van der Waals surface area contributed by atoms with Crippen molar-refractivity contribution in [3.05, 3.63) is 29.8 Å². The molecule has 1 aliphatic carbocycles. The van der Waals surface area contributed by atoms with E-state index in [-0.39, 0.29) is 6.03 Å². The minimum Gasteiger partial charge on any atom is -0.328 e. The van der Waals surface area contributed by atoms with Crippen LogP contribution in [0, 0.1) is 23.2 Å². The average molecular weight is 284 g/mol. The molecule has 110 valence electrons. The summed E-state index contributed by atoms with van der Waals surface area (Å²) in [6, 6.07) is 9.29. The van der Waals surface area contributed by atoms with Crippen molar-refractivity contribution in [1.82, 2.24) is 4.90 Å². The summed E-state index contributed by atoms with van der Waals surface area (Å²) in [5.74, 6) is 1.14. The Labute approximate surface area is 124 Å². The van der Waals surface area contributed by atoms with E-state index in [4.69, 9.17) is 11.0 Å². The lowest BCUT2D eigenvalue weighted by atomic mass is 9.79. The van der Waals surface area contributed by atoms with Crippen LogP contribution >= 0.6 is 0 Å². The van der Waals surface area contributed by atoms with Crippen LogP contribution in [-0.2, 0) is 0 Å². The van der Waals surface area contributed by atoms with Gasteiger partial charge in [-0.05, 0) is 49.3 Å². The third-order valence-electron chi connectivity index (χ3n) is 4.62. The van der Waals surface area contributed by atoms with Crippen LogP contribution in [0.4, 0.5) is 10.5 Å². The number of nitrogens with zero attached hydrogens (tertiary/aromatic N) is 2. The number of hydrogen-bond donors (Lipinski definition) is 2. The molecule has 1 aliphatic heterocycles. The molecule has 2 fully saturated rings. The van der Waals surface area contributed by atoms with E-state index in [2.05, 4.69) is 11.4 Å². The van der Waals surface area contributed by atoms with Crippen molar-refractivity contribution >= 4 is 11.7 Å². The Balaban J connectivity index is 1.62. The zero-order chi connectivity index (χ0) is 14.8. The Morgan fingerprint density at radius 2 is 2.14 bits per heavy atom. The summed E-state index contributed by atoms with van der Waals surface area (Å²) in [6.45, 7) is 1.61. The van der Waals surface area contributed by atoms with Crippen molar-refractivity contribution < 1.29 is 4.79 Å². The number of amides is 2. The molecule has 0 aromatic heterocycles. The highest BCUT2D eigenvalue weighted by atomic mass is 16.2. The van der Waals surface area contributed by atoms with E-state index in [0.717, 1.165) is 32.4 Å². The molecule has 2 aliphatic rings. The molecule has 21 heavy (non-hydrogen) atoms. The number of fused-ring (bicyclic) bond motifs is 1. The molecule has 1 saturated heterocycles. The van der Waals surface area contributed by atoms with Crippen LogP contribution in [-0.4, -0.2) is 30.1 Å². The highest BCUT2D eigenvalue weighted by molar-refractivity contribution is 5.89. The standard InChI is InChI=1S/C16H20N4O/c17-8-11-2-1-3-15(6-11)19-16(21)20-9-12-4-5-14(18)7-13(12)10-20/h1-3,6,12-14H,4-5,7,9-10,18H2,(H,19,21)/t12-,13+,14?/m1/s1. The largest absolute Gasteiger partial charge is 0.328 e. The second kappa shape index (κ2) is 5.74. The molecular weight excluding hydrogens is 264 g/mol. The first kappa shape index (κ1) is 13.9. The fraction of sp³-hybridized carbons (Fsp3) is 0.500. The molecule has 1 unspecified atom stereocenters. The van der Waals surface area contributed by atoms with Gasteiger partial charge < -0.3 is 16.0 Å². The Morgan fingerprint density at radius 3 is 2.95 bits per heavy atom. The minimum absolute atomic E-state index is 0.0759. The van der Waals surface area contributed by atoms with Crippen LogP contribution < -0.4 is 11.1 Å². The Hall–Kier alpha value is -2.06. The summed E-state index contributed by atoms with van der Waals surface area (Å²) in [4.78, 5) is 14.2. The number of benzene rings is 1. The molecule has 0 spiro atoms. The number of carbonyl (C=O) groups excluding carboxylic acids is 1. The van der Waals surface area contributed by atoms with Crippen LogP contribution in [0.3, 0.4) is 0 Å². The normalized spacial score (nSPS) is 27.8. The minimum atomic E-state index is -0.0759. The Kier molecular flexibility index (Phi) is 3.80. The van der Waals surface area contributed by atoms with Gasteiger partial charge in [-0.3, -0.25) is 0 Å². The SMILES string of the molecule is N#Cc1cccc(NC(=O)N2C[C@H]3CCC(N)C[C@H]3C2)c1. The fourth-order valence-electron chi connectivity index (χ4n) is 3.50. The van der Waals surface area contributed by atoms with Gasteiger partial charge in [-0.2, -0.15) is 5.26 Å². The topological polar surface area (TPSA) is 82.2 Å². The average Bonchev–Trinajstić information content (AvgIpc) is 2.90. The summed E-state index contributed by atoms with van der Waals surface area (Å²) in [5, 5.41) is 11.8. The fourth-order valence-corrected chi connectivity index (χ4v) is 3.50. The van der Waals surface area contributed by atoms with Gasteiger partial charge in [0, 0.05) is 24.8 Å². The van der Waals surface area contributed by atoms with Crippen molar-refractivity contribution in [2.24, 2.45) is 17.6 Å². The van der Waals surface area contributed by atoms with Gasteiger partial charge in [0.05, 0.1) is 11.6 Å². The molecule has 5 nitrogen and oxygen atoms in total. The number of nitriles is 1. The quantitative estimate of drug-likeness (QED) is 0.829. The third kappa shape index (κ3) is 3.01. The third-order valence-corrected chi connectivity index (χ3v) is 4.62. The van der Waals surface area contributed by atoms with Gasteiger partial charge in [0.25, 0.3) is 0 Å². The molecule has 5 heteroatoms. The first-order valence-corrected chi connectivity index (χ1v) is 7.47. The van der Waals surface area contributed by atoms with E-state index < -0.39 is 0 Å². The van der Waals surface area contributed by atoms with Crippen LogP contribution in [0.2, 0.25) is 0 Å². The number of nitrogens with two attached hydrogens (primary N) is 1. The van der Waals surface area contributed by atoms with Crippen LogP contribution in [0.15, 0.2) is 24.3 Å². The maximum atomic E-state index is 12.3. The van der Waals surface area contributed by atoms with Crippen molar-refractivity contribution in [2.45, 2.75) is 25.3 Å². The number of carbonyl (C=O) groups is 1. The number of urea groups is 1. The highest BCUT2D eigenvalue weighted by Gasteiger charge is 2.38. The molecule has 2 amide bonds. The lowest BCUT2D eigenvalue weighted by Gasteiger charge is -2.27. The zero-order valence-corrected chi connectivity index (χ0v) is 12.0. The number of nitrogens with one attached hydrogen (secondary N) is 1. The lowest BCUT2D eigenvalue weighted by Crippen LogP contribution is -2.33. The summed E-state index contributed by atoms with van der Waals surface area (Å²) in [6.07, 6.45) is 3.22. The smallest absolute Gasteiger partial charge is 0.321 e. The summed E-state index contributed by atoms with van der Waals surface area (Å²) >= 11 is 0. The molecule has 3 N–H and O–H groups in total. The van der Waals surface area contributed by atoms with E-state index in [1.54, 1.807) is 24.3 Å². The summed E-state index contributed by atoms with van der Waals surface area (Å²) < 4.78 is 0. The van der Waals surface area contributed by atoms with Crippen LogP contribution in [0.5, 0.6) is 0 Å². The van der Waals surface area contributed by atoms with Crippen molar-refractivity contribution in [2.75, 3.05) is 18.4 Å². The van der Waals surface area contributed by atoms with Gasteiger partial charge in [0.2, 0.25) is 0 Å². The van der Waals surface area contributed by atoms with Crippen LogP contribution in [0.25, 0.3) is 0 Å². The van der Waals surface area contributed by atoms with Crippen LogP contribution in [0.1, 0.15) is 24.8 Å². The maximum absolute atomic E-state index is 12.3. The number of likely N-dealkylation sites (tertiary alicyclic amines) is 1. The second-order valence-electron chi connectivity index (χ2n) is 6.12. The first-order chi connectivity index (χ1) is 10.2. The predicted molar refractivity (Wildman–Crippen MR) is 80.6 cm³/mol. The van der Waals surface area contributed by atoms with Gasteiger partial charge in [-0.15, -0.1) is 0 Å². The summed E-state index contributed by atoms with van der Waals surface area (Å²) in [5.41, 5.74) is 7.24. The van der Waals surface area contributed by atoms with Gasteiger partial charge >= 0.3 is 6.03 Å². The van der Waals surface area contributed by atoms with Gasteiger partial charge in [0.1, 0.15) is 0 Å². The number of rotatable bonds is 1. The van der Waals surface area contributed by atoms with E-state index in [1.165, 1.54) is 0 Å². The number of anilines is 1. The molecule has 1 heterocycles.